The van der Waals surface area contributed by atoms with Gasteiger partial charge < -0.3 is 33.8 Å². The number of aryl methyl sites for hydroxylation is 1. The number of β-amino-alcohol motifs (C(OH)–C–C–N with tert-alkyl or cyclic N) is 1. The number of aromatic nitrogens is 4. The third-order valence-corrected chi connectivity index (χ3v) is 6.22. The number of nitrogens with one attached hydrogen (secondary N) is 1. The first-order chi connectivity index (χ1) is 19.5. The summed E-state index contributed by atoms with van der Waals surface area (Å²) < 4.78 is 42.8. The molecule has 0 radical (unpaired) electrons. The maximum atomic E-state index is 13.1. The van der Waals surface area contributed by atoms with Crippen LogP contribution in [0.1, 0.15) is 22.6 Å². The Morgan fingerprint density at radius 1 is 1.12 bits per heavy atom. The molecular weight excluding hydrogens is 558 g/mol. The number of rotatable bonds is 5. The van der Waals surface area contributed by atoms with Crippen LogP contribution in [0.25, 0.3) is 22.7 Å². The van der Waals surface area contributed by atoms with Gasteiger partial charge in [0.05, 0.1) is 31.3 Å². The molecule has 0 aromatic carbocycles. The lowest BCUT2D eigenvalue weighted by Crippen LogP contribution is -2.36. The van der Waals surface area contributed by atoms with Crippen molar-refractivity contribution in [2.75, 3.05) is 60.8 Å². The molecule has 0 bridgehead atoms. The van der Waals surface area contributed by atoms with Crippen molar-refractivity contribution in [2.24, 2.45) is 0 Å². The number of fused-ring (bicyclic) bond motifs is 1. The van der Waals surface area contributed by atoms with Crippen molar-refractivity contribution >= 4 is 44.8 Å². The Labute approximate surface area is 234 Å². The number of aliphatic hydroxyl groups is 1. The van der Waals surface area contributed by atoms with E-state index >= 15 is 0 Å². The minimum absolute atomic E-state index is 0.124. The van der Waals surface area contributed by atoms with Gasteiger partial charge in [0.2, 0.25) is 11.5 Å². The van der Waals surface area contributed by atoms with Crippen molar-refractivity contribution in [2.45, 2.75) is 19.4 Å². The molecule has 6 heterocycles. The number of hydrogen-bond donors (Lipinski definition) is 3. The van der Waals surface area contributed by atoms with E-state index in [9.17, 15) is 18.3 Å². The number of anilines is 3. The van der Waals surface area contributed by atoms with Gasteiger partial charge in [-0.1, -0.05) is 0 Å². The van der Waals surface area contributed by atoms with Crippen molar-refractivity contribution in [3.05, 3.63) is 42.0 Å². The summed E-state index contributed by atoms with van der Waals surface area (Å²) in [7, 11) is -3.67. The SMILES string of the molecule is CS(=O)(=O)O.Cc1cc(-c2nc(C(=O)Nc3cc4oc(N5CCOCC5)nc4nc3N3CC[C@@H](O)C3)co2)ccn1. The zero-order valence-corrected chi connectivity index (χ0v) is 23.2. The van der Waals surface area contributed by atoms with E-state index in [4.69, 9.17) is 23.1 Å². The molecule has 1 amide bonds. The second-order valence-corrected chi connectivity index (χ2v) is 11.0. The Morgan fingerprint density at radius 3 is 2.56 bits per heavy atom. The standard InChI is InChI=1S/C24H25N7O5.CH4O3S/c1-14-10-15(2-4-25-14)23-27-18(13-35-23)22(33)26-17-11-19-20(28-21(17)31-5-3-16(32)12-31)29-24(36-19)30-6-8-34-9-7-30;1-5(2,3)4/h2,4,10-11,13,16,32H,3,5-9,12H2,1H3,(H,26,33);1H3,(H,2,3,4)/t16-;/m1./s1. The van der Waals surface area contributed by atoms with Gasteiger partial charge in [-0.2, -0.15) is 13.4 Å². The fraction of sp³-hybridized carbons (Fsp3) is 0.400. The van der Waals surface area contributed by atoms with E-state index in [1.54, 1.807) is 18.3 Å². The van der Waals surface area contributed by atoms with Gasteiger partial charge in [-0.25, -0.2) is 9.97 Å². The number of hydrogen-bond acceptors (Lipinski definition) is 13. The van der Waals surface area contributed by atoms with Crippen LogP contribution < -0.4 is 15.1 Å². The molecule has 1 atom stereocenters. The van der Waals surface area contributed by atoms with Gasteiger partial charge in [-0.3, -0.25) is 14.3 Å². The molecule has 2 aliphatic rings. The van der Waals surface area contributed by atoms with Crippen LogP contribution >= 0.6 is 0 Å². The van der Waals surface area contributed by atoms with Gasteiger partial charge >= 0.3 is 0 Å². The monoisotopic (exact) mass is 587 g/mol. The van der Waals surface area contributed by atoms with Crippen LogP contribution in [0.3, 0.4) is 0 Å². The first-order valence-electron chi connectivity index (χ1n) is 12.7. The van der Waals surface area contributed by atoms with Gasteiger partial charge in [0.25, 0.3) is 22.0 Å². The number of amides is 1. The van der Waals surface area contributed by atoms with E-state index in [1.165, 1.54) is 6.26 Å². The molecule has 218 valence electrons. The average molecular weight is 588 g/mol. The summed E-state index contributed by atoms with van der Waals surface area (Å²) in [6.45, 7) is 5.43. The van der Waals surface area contributed by atoms with Gasteiger partial charge in [0.1, 0.15) is 6.26 Å². The molecule has 2 fully saturated rings. The van der Waals surface area contributed by atoms with Crippen molar-refractivity contribution in [3.8, 4) is 11.5 Å². The first kappa shape index (κ1) is 28.4. The molecule has 2 saturated heterocycles. The highest BCUT2D eigenvalue weighted by Gasteiger charge is 2.27. The number of ether oxygens (including phenoxy) is 1. The van der Waals surface area contributed by atoms with Crippen molar-refractivity contribution in [1.29, 1.82) is 0 Å². The molecule has 16 heteroatoms. The van der Waals surface area contributed by atoms with Crippen LogP contribution in [0.4, 0.5) is 17.5 Å². The first-order valence-corrected chi connectivity index (χ1v) is 14.6. The maximum absolute atomic E-state index is 13.1. The molecule has 4 aromatic rings. The summed E-state index contributed by atoms with van der Waals surface area (Å²) >= 11 is 0. The van der Waals surface area contributed by atoms with E-state index in [1.807, 2.05) is 22.8 Å². The van der Waals surface area contributed by atoms with E-state index in [0.29, 0.717) is 86.7 Å². The fourth-order valence-electron chi connectivity index (χ4n) is 4.38. The zero-order valence-electron chi connectivity index (χ0n) is 22.3. The number of carbonyl (C=O) groups is 1. The molecule has 15 nitrogen and oxygen atoms in total. The number of pyridine rings is 2. The molecule has 41 heavy (non-hydrogen) atoms. The normalized spacial score (nSPS) is 17.4. The zero-order chi connectivity index (χ0) is 29.1. The van der Waals surface area contributed by atoms with E-state index in [0.717, 1.165) is 11.3 Å². The molecule has 2 aliphatic heterocycles. The van der Waals surface area contributed by atoms with Gasteiger partial charge in [0.15, 0.2) is 17.1 Å². The van der Waals surface area contributed by atoms with E-state index < -0.39 is 22.1 Å². The molecule has 6 rings (SSSR count). The van der Waals surface area contributed by atoms with E-state index in [2.05, 4.69) is 20.3 Å². The fourth-order valence-corrected chi connectivity index (χ4v) is 4.38. The van der Waals surface area contributed by atoms with Crippen LogP contribution in [0.2, 0.25) is 0 Å². The molecule has 0 unspecified atom stereocenters. The van der Waals surface area contributed by atoms with Crippen LogP contribution in [-0.4, -0.2) is 95.7 Å². The Hall–Kier alpha value is -4.12. The Kier molecular flexibility index (Phi) is 8.16. The molecule has 4 aromatic heterocycles. The maximum Gasteiger partial charge on any atom is 0.300 e. The van der Waals surface area contributed by atoms with Crippen LogP contribution in [-0.2, 0) is 14.9 Å². The minimum Gasteiger partial charge on any atom is -0.444 e. The molecule has 0 aliphatic carbocycles. The molecule has 0 spiro atoms. The summed E-state index contributed by atoms with van der Waals surface area (Å²) in [5.41, 5.74) is 2.99. The summed E-state index contributed by atoms with van der Waals surface area (Å²) in [4.78, 5) is 34.9. The lowest BCUT2D eigenvalue weighted by Gasteiger charge is -2.24. The summed E-state index contributed by atoms with van der Waals surface area (Å²) in [6.07, 6.45) is 3.84. The minimum atomic E-state index is -3.67. The third kappa shape index (κ3) is 7.15. The topological polar surface area (TPSA) is 197 Å². The Morgan fingerprint density at radius 2 is 1.88 bits per heavy atom. The van der Waals surface area contributed by atoms with Crippen LogP contribution in [0.15, 0.2) is 39.5 Å². The van der Waals surface area contributed by atoms with Gasteiger partial charge in [0, 0.05) is 49.7 Å². The highest BCUT2D eigenvalue weighted by Crippen LogP contribution is 2.33. The van der Waals surface area contributed by atoms with E-state index in [-0.39, 0.29) is 5.69 Å². The molecule has 0 saturated carbocycles. The highest BCUT2D eigenvalue weighted by molar-refractivity contribution is 7.85. The smallest absolute Gasteiger partial charge is 0.300 e. The molecular formula is C25H29N7O8S. The lowest BCUT2D eigenvalue weighted by molar-refractivity contribution is 0.102. The number of morpholine rings is 1. The number of carbonyl (C=O) groups excluding carboxylic acids is 1. The van der Waals surface area contributed by atoms with Crippen molar-refractivity contribution < 1.29 is 36.4 Å². The van der Waals surface area contributed by atoms with Crippen molar-refractivity contribution in [1.82, 2.24) is 19.9 Å². The van der Waals surface area contributed by atoms with Crippen molar-refractivity contribution in [3.63, 3.8) is 0 Å². The quantitative estimate of drug-likeness (QED) is 0.285. The van der Waals surface area contributed by atoms with Crippen LogP contribution in [0, 0.1) is 6.92 Å². The predicted octanol–water partition coefficient (Wildman–Crippen LogP) is 1.75. The van der Waals surface area contributed by atoms with Crippen LogP contribution in [0.5, 0.6) is 0 Å². The second-order valence-electron chi connectivity index (χ2n) is 9.58. The second kappa shape index (κ2) is 11.8. The summed E-state index contributed by atoms with van der Waals surface area (Å²) in [5.74, 6) is 0.390. The predicted molar refractivity (Wildman–Crippen MR) is 148 cm³/mol. The number of nitrogens with zero attached hydrogens (tertiary/aromatic N) is 6. The Bertz CT molecular complexity index is 1640. The summed E-state index contributed by atoms with van der Waals surface area (Å²) in [6, 6.07) is 5.78. The average Bonchev–Trinajstić information content (AvgIpc) is 3.67. The highest BCUT2D eigenvalue weighted by atomic mass is 32.2. The molecule has 3 N–H and O–H groups in total. The lowest BCUT2D eigenvalue weighted by atomic mass is 10.2. The largest absolute Gasteiger partial charge is 0.444 e. The Balaban J connectivity index is 0.000000623. The number of aliphatic hydroxyl groups excluding tert-OH is 1. The van der Waals surface area contributed by atoms with Gasteiger partial charge in [-0.05, 0) is 25.5 Å². The summed E-state index contributed by atoms with van der Waals surface area (Å²) in [5, 5.41) is 13.0. The van der Waals surface area contributed by atoms with Gasteiger partial charge in [-0.15, -0.1) is 0 Å². The number of oxazole rings is 2. The third-order valence-electron chi connectivity index (χ3n) is 6.22.